The summed E-state index contributed by atoms with van der Waals surface area (Å²) in [5.41, 5.74) is -1.08. The van der Waals surface area contributed by atoms with Crippen molar-refractivity contribution in [2.45, 2.75) is 6.18 Å². The lowest BCUT2D eigenvalue weighted by atomic mass is 10.2. The summed E-state index contributed by atoms with van der Waals surface area (Å²) < 4.78 is 44.4. The molecule has 7 nitrogen and oxygen atoms in total. The Balaban J connectivity index is 1.69. The number of carbonyl (C=O) groups is 2. The second kappa shape index (κ2) is 8.92. The number of amides is 2. The molecule has 3 N–H and O–H groups in total. The van der Waals surface area contributed by atoms with E-state index in [1.54, 1.807) is 12.1 Å². The van der Waals surface area contributed by atoms with Gasteiger partial charge in [0.25, 0.3) is 0 Å². The van der Waals surface area contributed by atoms with Crippen molar-refractivity contribution in [2.75, 3.05) is 10.6 Å². The molecule has 2 aromatic carbocycles. The zero-order valence-electron chi connectivity index (χ0n) is 15.4. The molecule has 0 unspecified atom stereocenters. The monoisotopic (exact) mass is 451 g/mol. The molecule has 1 heterocycles. The summed E-state index contributed by atoms with van der Waals surface area (Å²) in [5.74, 6) is -0.713. The Morgan fingerprint density at radius 1 is 0.968 bits per heavy atom. The van der Waals surface area contributed by atoms with Gasteiger partial charge in [-0.3, -0.25) is 0 Å². The van der Waals surface area contributed by atoms with Gasteiger partial charge in [0.1, 0.15) is 11.5 Å². The maximum atomic E-state index is 12.9. The van der Waals surface area contributed by atoms with Crippen LogP contribution in [-0.2, 0) is 6.18 Å². The fourth-order valence-electron chi connectivity index (χ4n) is 2.48. The number of pyridine rings is 1. The lowest BCUT2D eigenvalue weighted by molar-refractivity contribution is -0.137. The first-order valence-corrected chi connectivity index (χ1v) is 8.91. The van der Waals surface area contributed by atoms with Crippen LogP contribution in [0.1, 0.15) is 16.1 Å². The molecule has 2 amide bonds. The minimum absolute atomic E-state index is 0.0976. The summed E-state index contributed by atoms with van der Waals surface area (Å²) in [6.45, 7) is 0. The SMILES string of the molecule is O=C(Nc1cccc(Oc2ccnc(C(=O)O)c2)c1)Nc1ccc(Cl)c(C(F)(F)F)c1. The van der Waals surface area contributed by atoms with Gasteiger partial charge in [-0.25, -0.2) is 14.6 Å². The van der Waals surface area contributed by atoms with Crippen LogP contribution in [0.25, 0.3) is 0 Å². The Hall–Kier alpha value is -3.79. The van der Waals surface area contributed by atoms with Crippen LogP contribution in [0.15, 0.2) is 60.8 Å². The van der Waals surface area contributed by atoms with E-state index in [-0.39, 0.29) is 28.6 Å². The van der Waals surface area contributed by atoms with Crippen LogP contribution in [0, 0.1) is 0 Å². The Morgan fingerprint density at radius 3 is 2.32 bits per heavy atom. The van der Waals surface area contributed by atoms with Crippen molar-refractivity contribution < 1.29 is 32.6 Å². The summed E-state index contributed by atoms with van der Waals surface area (Å²) in [5, 5.41) is 13.3. The summed E-state index contributed by atoms with van der Waals surface area (Å²) in [6, 6.07) is 11.0. The topological polar surface area (TPSA) is 101 Å². The van der Waals surface area contributed by atoms with E-state index in [2.05, 4.69) is 15.6 Å². The highest BCUT2D eigenvalue weighted by Crippen LogP contribution is 2.36. The van der Waals surface area contributed by atoms with E-state index in [9.17, 15) is 22.8 Å². The molecule has 0 fully saturated rings. The van der Waals surface area contributed by atoms with Crippen LogP contribution in [-0.4, -0.2) is 22.1 Å². The minimum Gasteiger partial charge on any atom is -0.477 e. The number of nitrogens with one attached hydrogen (secondary N) is 2. The van der Waals surface area contributed by atoms with E-state index in [0.29, 0.717) is 0 Å². The Labute approximate surface area is 178 Å². The molecule has 0 aliphatic rings. The second-order valence-corrected chi connectivity index (χ2v) is 6.49. The van der Waals surface area contributed by atoms with E-state index in [1.807, 2.05) is 0 Å². The molecule has 0 spiro atoms. The molecule has 0 saturated carbocycles. The highest BCUT2D eigenvalue weighted by molar-refractivity contribution is 6.31. The van der Waals surface area contributed by atoms with Gasteiger partial charge in [0.2, 0.25) is 0 Å². The lowest BCUT2D eigenvalue weighted by Gasteiger charge is -2.13. The van der Waals surface area contributed by atoms with Crippen molar-refractivity contribution in [1.82, 2.24) is 4.98 Å². The predicted molar refractivity (Wildman–Crippen MR) is 107 cm³/mol. The molecule has 0 saturated heterocycles. The van der Waals surface area contributed by atoms with Crippen LogP contribution in [0.4, 0.5) is 29.3 Å². The number of nitrogens with zero attached hydrogens (tertiary/aromatic N) is 1. The number of carboxylic acids is 1. The molecule has 0 radical (unpaired) electrons. The third-order valence-electron chi connectivity index (χ3n) is 3.81. The Kier molecular flexibility index (Phi) is 6.30. The maximum absolute atomic E-state index is 12.9. The van der Waals surface area contributed by atoms with Gasteiger partial charge in [-0.1, -0.05) is 17.7 Å². The lowest BCUT2D eigenvalue weighted by Crippen LogP contribution is -2.20. The van der Waals surface area contributed by atoms with Gasteiger partial charge in [0.05, 0.1) is 10.6 Å². The van der Waals surface area contributed by atoms with Crippen molar-refractivity contribution in [3.05, 3.63) is 77.1 Å². The number of halogens is 4. The number of alkyl halides is 3. The van der Waals surface area contributed by atoms with Gasteiger partial charge in [-0.2, -0.15) is 13.2 Å². The smallest absolute Gasteiger partial charge is 0.417 e. The molecule has 3 rings (SSSR count). The second-order valence-electron chi connectivity index (χ2n) is 6.08. The zero-order valence-corrected chi connectivity index (χ0v) is 16.2. The van der Waals surface area contributed by atoms with Crippen molar-refractivity contribution in [3.63, 3.8) is 0 Å². The first-order valence-electron chi connectivity index (χ1n) is 8.54. The number of anilines is 2. The molecular weight excluding hydrogens is 439 g/mol. The minimum atomic E-state index is -4.66. The van der Waals surface area contributed by atoms with Crippen molar-refractivity contribution >= 4 is 35.0 Å². The highest BCUT2D eigenvalue weighted by Gasteiger charge is 2.33. The standard InChI is InChI=1S/C20H13ClF3N3O4/c21-16-5-4-12(9-15(16)20(22,23)24)27-19(30)26-11-2-1-3-13(8-11)31-14-6-7-25-17(10-14)18(28)29/h1-10H,(H,28,29)(H2,26,27,30). The number of urea groups is 1. The van der Waals surface area contributed by atoms with Gasteiger partial charge in [0.15, 0.2) is 5.69 Å². The first-order chi connectivity index (χ1) is 14.6. The van der Waals surface area contributed by atoms with Gasteiger partial charge >= 0.3 is 18.2 Å². The summed E-state index contributed by atoms with van der Waals surface area (Å²) in [7, 11) is 0. The van der Waals surface area contributed by atoms with Crippen LogP contribution < -0.4 is 15.4 Å². The number of carbonyl (C=O) groups excluding carboxylic acids is 1. The van der Waals surface area contributed by atoms with Gasteiger partial charge in [-0.05, 0) is 36.4 Å². The van der Waals surface area contributed by atoms with Crippen LogP contribution in [0.5, 0.6) is 11.5 Å². The number of aromatic nitrogens is 1. The van der Waals surface area contributed by atoms with Gasteiger partial charge in [0, 0.05) is 29.7 Å². The molecule has 0 bridgehead atoms. The number of hydrogen-bond acceptors (Lipinski definition) is 4. The fourth-order valence-corrected chi connectivity index (χ4v) is 2.70. The molecule has 0 aliphatic heterocycles. The number of hydrogen-bond donors (Lipinski definition) is 3. The molecule has 0 atom stereocenters. The van der Waals surface area contributed by atoms with Crippen molar-refractivity contribution in [1.29, 1.82) is 0 Å². The van der Waals surface area contributed by atoms with Crippen LogP contribution in [0.2, 0.25) is 5.02 Å². The average molecular weight is 452 g/mol. The first kappa shape index (κ1) is 21.9. The average Bonchev–Trinajstić information content (AvgIpc) is 2.69. The van der Waals surface area contributed by atoms with E-state index in [4.69, 9.17) is 21.4 Å². The van der Waals surface area contributed by atoms with E-state index < -0.39 is 28.8 Å². The van der Waals surface area contributed by atoms with E-state index in [1.165, 1.54) is 36.5 Å². The van der Waals surface area contributed by atoms with E-state index in [0.717, 1.165) is 12.1 Å². The van der Waals surface area contributed by atoms with Crippen LogP contribution >= 0.6 is 11.6 Å². The molecule has 31 heavy (non-hydrogen) atoms. The third kappa shape index (κ3) is 5.86. The summed E-state index contributed by atoms with van der Waals surface area (Å²) >= 11 is 5.56. The largest absolute Gasteiger partial charge is 0.477 e. The summed E-state index contributed by atoms with van der Waals surface area (Å²) in [4.78, 5) is 26.8. The zero-order chi connectivity index (χ0) is 22.6. The molecule has 3 aromatic rings. The number of ether oxygens (including phenoxy) is 1. The maximum Gasteiger partial charge on any atom is 0.417 e. The third-order valence-corrected chi connectivity index (χ3v) is 4.14. The molecule has 0 aliphatic carbocycles. The Bertz CT molecular complexity index is 1140. The molecular formula is C20H13ClF3N3O4. The highest BCUT2D eigenvalue weighted by atomic mass is 35.5. The predicted octanol–water partition coefficient (Wildman–Crippen LogP) is 5.89. The molecule has 1 aromatic heterocycles. The molecule has 160 valence electrons. The molecule has 11 heteroatoms. The number of rotatable bonds is 5. The normalized spacial score (nSPS) is 11.0. The quantitative estimate of drug-likeness (QED) is 0.449. The Morgan fingerprint density at radius 2 is 1.65 bits per heavy atom. The van der Waals surface area contributed by atoms with Crippen molar-refractivity contribution in [2.24, 2.45) is 0 Å². The summed E-state index contributed by atoms with van der Waals surface area (Å²) in [6.07, 6.45) is -3.39. The van der Waals surface area contributed by atoms with Gasteiger partial charge in [-0.15, -0.1) is 0 Å². The van der Waals surface area contributed by atoms with Gasteiger partial charge < -0.3 is 20.5 Å². The van der Waals surface area contributed by atoms with E-state index >= 15 is 0 Å². The number of aromatic carboxylic acids is 1. The fraction of sp³-hybridized carbons (Fsp3) is 0.0500. The number of carboxylic acid groups (broad SMARTS) is 1. The van der Waals surface area contributed by atoms with Crippen molar-refractivity contribution in [3.8, 4) is 11.5 Å². The number of benzene rings is 2. The van der Waals surface area contributed by atoms with Crippen LogP contribution in [0.3, 0.4) is 0 Å².